The van der Waals surface area contributed by atoms with Crippen molar-refractivity contribution in [3.05, 3.63) is 23.8 Å². The van der Waals surface area contributed by atoms with Crippen molar-refractivity contribution in [2.75, 3.05) is 32.8 Å². The fourth-order valence-electron chi connectivity index (χ4n) is 2.56. The van der Waals surface area contributed by atoms with Gasteiger partial charge < -0.3 is 24.8 Å². The number of aliphatic carboxylic acids is 1. The van der Waals surface area contributed by atoms with Crippen molar-refractivity contribution < 1.29 is 24.2 Å². The number of carbonyl (C=O) groups is 2. The number of halogens is 1. The molecule has 1 unspecified atom stereocenters. The van der Waals surface area contributed by atoms with E-state index in [1.165, 1.54) is 4.90 Å². The first-order valence-corrected chi connectivity index (χ1v) is 6.81. The Kier molecular flexibility index (Phi) is 5.10. The first kappa shape index (κ1) is 16.4. The number of hydrogen-bond donors (Lipinski definition) is 2. The van der Waals surface area contributed by atoms with E-state index in [1.807, 2.05) is 0 Å². The molecular formula is C14H17ClN2O5. The number of carbonyl (C=O) groups excluding carboxylic acids is 1. The van der Waals surface area contributed by atoms with E-state index in [2.05, 4.69) is 5.32 Å². The molecule has 2 aliphatic heterocycles. The van der Waals surface area contributed by atoms with E-state index in [0.717, 1.165) is 0 Å². The van der Waals surface area contributed by atoms with Crippen LogP contribution >= 0.6 is 12.4 Å². The van der Waals surface area contributed by atoms with Gasteiger partial charge in [-0.2, -0.15) is 0 Å². The zero-order chi connectivity index (χ0) is 14.8. The van der Waals surface area contributed by atoms with Crippen LogP contribution in [0, 0.1) is 0 Å². The highest BCUT2D eigenvalue weighted by atomic mass is 35.5. The van der Waals surface area contributed by atoms with Crippen molar-refractivity contribution in [1.29, 1.82) is 0 Å². The smallest absolute Gasteiger partial charge is 0.327 e. The molecule has 22 heavy (non-hydrogen) atoms. The van der Waals surface area contributed by atoms with E-state index in [1.54, 1.807) is 18.2 Å². The second-order valence-corrected chi connectivity index (χ2v) is 4.89. The largest absolute Gasteiger partial charge is 0.486 e. The molecule has 1 saturated heterocycles. The Bertz CT molecular complexity index is 580. The third-order valence-corrected chi connectivity index (χ3v) is 3.59. The Balaban J connectivity index is 0.00000176. The van der Waals surface area contributed by atoms with Gasteiger partial charge in [-0.3, -0.25) is 4.79 Å². The van der Waals surface area contributed by atoms with Crippen molar-refractivity contribution in [1.82, 2.24) is 10.2 Å². The Morgan fingerprint density at radius 1 is 1.27 bits per heavy atom. The highest BCUT2D eigenvalue weighted by molar-refractivity contribution is 6.00. The normalized spacial score (nSPS) is 20.0. The van der Waals surface area contributed by atoms with Gasteiger partial charge >= 0.3 is 5.97 Å². The molecule has 1 aromatic rings. The number of para-hydroxylation sites is 1. The summed E-state index contributed by atoms with van der Waals surface area (Å²) in [5, 5.41) is 12.2. The third-order valence-electron chi connectivity index (χ3n) is 3.59. The number of fused-ring (bicyclic) bond motifs is 1. The molecule has 2 aliphatic rings. The Morgan fingerprint density at radius 3 is 2.82 bits per heavy atom. The molecule has 3 rings (SSSR count). The lowest BCUT2D eigenvalue weighted by Crippen LogP contribution is -2.57. The zero-order valence-electron chi connectivity index (χ0n) is 11.8. The first-order valence-electron chi connectivity index (χ1n) is 6.81. The Labute approximate surface area is 133 Å². The van der Waals surface area contributed by atoms with Crippen LogP contribution in [0.15, 0.2) is 18.2 Å². The molecule has 0 saturated carbocycles. The lowest BCUT2D eigenvalue weighted by Gasteiger charge is -2.34. The summed E-state index contributed by atoms with van der Waals surface area (Å²) in [4.78, 5) is 25.4. The highest BCUT2D eigenvalue weighted by Crippen LogP contribution is 2.34. The van der Waals surface area contributed by atoms with Crippen molar-refractivity contribution in [3.8, 4) is 11.5 Å². The molecule has 1 aromatic carbocycles. The Morgan fingerprint density at radius 2 is 2.05 bits per heavy atom. The lowest BCUT2D eigenvalue weighted by atomic mass is 10.1. The van der Waals surface area contributed by atoms with Crippen LogP contribution in [0.3, 0.4) is 0 Å². The Hall–Kier alpha value is -1.99. The zero-order valence-corrected chi connectivity index (χ0v) is 12.6. The molecule has 0 aliphatic carbocycles. The second-order valence-electron chi connectivity index (χ2n) is 4.89. The van der Waals surface area contributed by atoms with Gasteiger partial charge in [-0.15, -0.1) is 12.4 Å². The second kappa shape index (κ2) is 6.85. The van der Waals surface area contributed by atoms with Crippen molar-refractivity contribution in [2.45, 2.75) is 6.04 Å². The van der Waals surface area contributed by atoms with Gasteiger partial charge in [0.25, 0.3) is 5.91 Å². The topological polar surface area (TPSA) is 88.1 Å². The number of rotatable bonds is 2. The average molecular weight is 329 g/mol. The lowest BCUT2D eigenvalue weighted by molar-refractivity contribution is -0.142. The SMILES string of the molecule is Cl.O=C(O)C1CNCCN1C(=O)c1cccc2c1OCCO2. The monoisotopic (exact) mass is 328 g/mol. The molecule has 0 radical (unpaired) electrons. The van der Waals surface area contributed by atoms with Crippen LogP contribution in [0.2, 0.25) is 0 Å². The molecule has 2 heterocycles. The fraction of sp³-hybridized carbons (Fsp3) is 0.429. The van der Waals surface area contributed by atoms with Crippen molar-refractivity contribution >= 4 is 24.3 Å². The summed E-state index contributed by atoms with van der Waals surface area (Å²) in [7, 11) is 0. The number of carboxylic acid groups (broad SMARTS) is 1. The minimum absolute atomic E-state index is 0. The number of hydrogen-bond acceptors (Lipinski definition) is 5. The predicted octanol–water partition coefficient (Wildman–Crippen LogP) is 0.378. The van der Waals surface area contributed by atoms with Crippen LogP contribution in [0.25, 0.3) is 0 Å². The summed E-state index contributed by atoms with van der Waals surface area (Å²) >= 11 is 0. The fourth-order valence-corrected chi connectivity index (χ4v) is 2.56. The molecule has 1 fully saturated rings. The molecule has 2 N–H and O–H groups in total. The maximum Gasteiger partial charge on any atom is 0.327 e. The van der Waals surface area contributed by atoms with Crippen LogP contribution in [-0.2, 0) is 4.79 Å². The number of amides is 1. The van der Waals surface area contributed by atoms with E-state index >= 15 is 0 Å². The first-order chi connectivity index (χ1) is 10.2. The van der Waals surface area contributed by atoms with Crippen LogP contribution in [-0.4, -0.2) is 60.8 Å². The highest BCUT2D eigenvalue weighted by Gasteiger charge is 2.34. The van der Waals surface area contributed by atoms with Gasteiger partial charge in [-0.25, -0.2) is 4.79 Å². The minimum Gasteiger partial charge on any atom is -0.486 e. The van der Waals surface area contributed by atoms with Gasteiger partial charge in [-0.05, 0) is 12.1 Å². The van der Waals surface area contributed by atoms with Crippen LogP contribution < -0.4 is 14.8 Å². The van der Waals surface area contributed by atoms with Gasteiger partial charge in [0, 0.05) is 19.6 Å². The number of piperazine rings is 1. The summed E-state index contributed by atoms with van der Waals surface area (Å²) < 4.78 is 11.0. The molecule has 8 heteroatoms. The number of benzene rings is 1. The molecule has 0 spiro atoms. The number of nitrogens with one attached hydrogen (secondary N) is 1. The summed E-state index contributed by atoms with van der Waals surface area (Å²) in [6, 6.07) is 4.21. The maximum atomic E-state index is 12.7. The van der Waals surface area contributed by atoms with E-state index in [-0.39, 0.29) is 24.9 Å². The van der Waals surface area contributed by atoms with Crippen LogP contribution in [0.4, 0.5) is 0 Å². The average Bonchev–Trinajstić information content (AvgIpc) is 2.53. The summed E-state index contributed by atoms with van der Waals surface area (Å²) in [5.74, 6) is -0.436. The molecule has 1 amide bonds. The van der Waals surface area contributed by atoms with E-state index in [4.69, 9.17) is 9.47 Å². The maximum absolute atomic E-state index is 12.7. The molecule has 0 aromatic heterocycles. The van der Waals surface area contributed by atoms with Gasteiger partial charge in [0.15, 0.2) is 11.5 Å². The molecule has 0 bridgehead atoms. The minimum atomic E-state index is -1.02. The van der Waals surface area contributed by atoms with Crippen LogP contribution in [0.5, 0.6) is 11.5 Å². The summed E-state index contributed by atoms with van der Waals surface area (Å²) in [6.45, 7) is 1.98. The molecular weight excluding hydrogens is 312 g/mol. The van der Waals surface area contributed by atoms with Crippen molar-refractivity contribution in [3.63, 3.8) is 0 Å². The summed E-state index contributed by atoms with van der Waals surface area (Å²) in [5.41, 5.74) is 0.348. The third kappa shape index (κ3) is 2.95. The van der Waals surface area contributed by atoms with E-state index in [9.17, 15) is 14.7 Å². The van der Waals surface area contributed by atoms with Gasteiger partial charge in [-0.1, -0.05) is 6.07 Å². The van der Waals surface area contributed by atoms with E-state index < -0.39 is 12.0 Å². The van der Waals surface area contributed by atoms with Gasteiger partial charge in [0.05, 0.1) is 5.56 Å². The van der Waals surface area contributed by atoms with Gasteiger partial charge in [0.1, 0.15) is 19.3 Å². The van der Waals surface area contributed by atoms with Crippen molar-refractivity contribution in [2.24, 2.45) is 0 Å². The standard InChI is InChI=1S/C14H16N2O5.ClH/c17-13(16-5-4-15-8-10(16)14(18)19)9-2-1-3-11-12(9)21-7-6-20-11;/h1-3,10,15H,4-8H2,(H,18,19);1H. The number of nitrogens with zero attached hydrogens (tertiary/aromatic N) is 1. The molecule has 1 atom stereocenters. The van der Waals surface area contributed by atoms with E-state index in [0.29, 0.717) is 43.4 Å². The van der Waals surface area contributed by atoms with Crippen LogP contribution in [0.1, 0.15) is 10.4 Å². The predicted molar refractivity (Wildman–Crippen MR) is 80.0 cm³/mol. The van der Waals surface area contributed by atoms with Gasteiger partial charge in [0.2, 0.25) is 0 Å². The number of carboxylic acids is 1. The summed E-state index contributed by atoms with van der Waals surface area (Å²) in [6.07, 6.45) is 0. The molecule has 7 nitrogen and oxygen atoms in total. The quantitative estimate of drug-likeness (QED) is 0.816. The number of ether oxygens (including phenoxy) is 2. The molecule has 120 valence electrons.